The number of guanidine groups is 1. The topological polar surface area (TPSA) is 79.1 Å². The molecule has 1 amide bonds. The number of aliphatic imine (C=N–C) groups is 1. The smallest absolute Gasteiger partial charge is 0.410 e. The molecule has 0 radical (unpaired) electrons. The summed E-state index contributed by atoms with van der Waals surface area (Å²) in [6, 6.07) is 4.33. The Labute approximate surface area is 185 Å². The van der Waals surface area contributed by atoms with Crippen molar-refractivity contribution in [2.24, 2.45) is 4.99 Å². The Hall–Kier alpha value is -1.45. The van der Waals surface area contributed by atoms with E-state index >= 15 is 0 Å². The fraction of sp³-hybridized carbons (Fsp3) is 0.700. The number of halogens is 1. The predicted molar refractivity (Wildman–Crippen MR) is 122 cm³/mol. The maximum atomic E-state index is 12.2. The van der Waals surface area contributed by atoms with E-state index < -0.39 is 5.60 Å². The Kier molecular flexibility index (Phi) is 10.1. The van der Waals surface area contributed by atoms with Gasteiger partial charge in [-0.3, -0.25) is 4.99 Å². The van der Waals surface area contributed by atoms with Gasteiger partial charge in [-0.25, -0.2) is 4.79 Å². The Balaban J connectivity index is 0.00000392. The molecule has 7 nitrogen and oxygen atoms in total. The van der Waals surface area contributed by atoms with Crippen LogP contribution in [-0.4, -0.2) is 54.3 Å². The number of furan rings is 1. The summed E-state index contributed by atoms with van der Waals surface area (Å²) in [4.78, 5) is 18.7. The van der Waals surface area contributed by atoms with Crippen molar-refractivity contribution in [3.05, 3.63) is 24.2 Å². The van der Waals surface area contributed by atoms with Gasteiger partial charge in [-0.15, -0.1) is 24.0 Å². The van der Waals surface area contributed by atoms with Crippen LogP contribution in [0.15, 0.2) is 27.8 Å². The van der Waals surface area contributed by atoms with Gasteiger partial charge in [0.15, 0.2) is 5.96 Å². The van der Waals surface area contributed by atoms with Crippen LogP contribution in [0.4, 0.5) is 4.79 Å². The number of carbonyl (C=O) groups is 1. The summed E-state index contributed by atoms with van der Waals surface area (Å²) < 4.78 is 10.8. The van der Waals surface area contributed by atoms with E-state index in [1.807, 2.05) is 32.9 Å². The van der Waals surface area contributed by atoms with E-state index in [9.17, 15) is 4.79 Å². The minimum absolute atomic E-state index is 0. The van der Waals surface area contributed by atoms with Gasteiger partial charge in [0.2, 0.25) is 0 Å². The van der Waals surface area contributed by atoms with Crippen LogP contribution < -0.4 is 10.6 Å². The molecule has 2 atom stereocenters. The number of rotatable bonds is 6. The molecule has 2 unspecified atom stereocenters. The van der Waals surface area contributed by atoms with Crippen molar-refractivity contribution in [1.29, 1.82) is 0 Å². The Morgan fingerprint density at radius 3 is 2.82 bits per heavy atom. The highest BCUT2D eigenvalue weighted by molar-refractivity contribution is 14.0. The summed E-state index contributed by atoms with van der Waals surface area (Å²) in [5.41, 5.74) is -0.473. The molecule has 2 heterocycles. The molecule has 0 spiro atoms. The average molecular weight is 506 g/mol. The second kappa shape index (κ2) is 11.5. The molecule has 1 fully saturated rings. The largest absolute Gasteiger partial charge is 0.469 e. The lowest BCUT2D eigenvalue weighted by atomic mass is 10.2. The standard InChI is InChI=1S/C20H34N4O3.HI/c1-6-15(2)22-18(21-11-9-17-8-7-13-26-17)23-16-10-12-24(14-16)19(25)27-20(3,4)5;/h7-8,13,15-16H,6,9-12,14H2,1-5H3,(H2,21,22,23);1H. The number of carbonyl (C=O) groups excluding carboxylic acids is 1. The molecule has 1 aliphatic heterocycles. The highest BCUT2D eigenvalue weighted by Crippen LogP contribution is 2.15. The van der Waals surface area contributed by atoms with Gasteiger partial charge in [-0.1, -0.05) is 6.92 Å². The molecule has 1 aliphatic rings. The first-order valence-electron chi connectivity index (χ1n) is 9.84. The van der Waals surface area contributed by atoms with Crippen LogP contribution in [0.1, 0.15) is 53.2 Å². The maximum Gasteiger partial charge on any atom is 0.410 e. The Morgan fingerprint density at radius 2 is 2.21 bits per heavy atom. The van der Waals surface area contributed by atoms with Gasteiger partial charge in [0.1, 0.15) is 11.4 Å². The third kappa shape index (κ3) is 8.70. The van der Waals surface area contributed by atoms with E-state index in [4.69, 9.17) is 9.15 Å². The zero-order chi connectivity index (χ0) is 19.9. The van der Waals surface area contributed by atoms with E-state index in [0.29, 0.717) is 25.7 Å². The molecule has 0 aromatic carbocycles. The lowest BCUT2D eigenvalue weighted by Crippen LogP contribution is -2.48. The Bertz CT molecular complexity index is 613. The first-order valence-corrected chi connectivity index (χ1v) is 9.84. The molecule has 0 saturated carbocycles. The van der Waals surface area contributed by atoms with Crippen LogP contribution in [-0.2, 0) is 11.2 Å². The average Bonchev–Trinajstić information content (AvgIpc) is 3.24. The lowest BCUT2D eigenvalue weighted by molar-refractivity contribution is 0.0292. The van der Waals surface area contributed by atoms with Gasteiger partial charge < -0.3 is 24.7 Å². The molecule has 28 heavy (non-hydrogen) atoms. The number of hydrogen-bond donors (Lipinski definition) is 2. The highest BCUT2D eigenvalue weighted by Gasteiger charge is 2.30. The van der Waals surface area contributed by atoms with Gasteiger partial charge in [-0.05, 0) is 52.7 Å². The molecule has 1 aromatic rings. The Morgan fingerprint density at radius 1 is 1.46 bits per heavy atom. The van der Waals surface area contributed by atoms with Crippen LogP contribution in [0.5, 0.6) is 0 Å². The van der Waals surface area contributed by atoms with E-state index in [2.05, 4.69) is 29.5 Å². The number of likely N-dealkylation sites (tertiary alicyclic amines) is 1. The monoisotopic (exact) mass is 506 g/mol. The van der Waals surface area contributed by atoms with Crippen molar-refractivity contribution in [3.63, 3.8) is 0 Å². The summed E-state index contributed by atoms with van der Waals surface area (Å²) in [6.45, 7) is 11.9. The first-order chi connectivity index (χ1) is 12.8. The molecule has 1 saturated heterocycles. The maximum absolute atomic E-state index is 12.2. The third-order valence-corrected chi connectivity index (χ3v) is 4.38. The van der Waals surface area contributed by atoms with E-state index in [0.717, 1.165) is 31.0 Å². The summed E-state index contributed by atoms with van der Waals surface area (Å²) in [5.74, 6) is 1.71. The fourth-order valence-corrected chi connectivity index (χ4v) is 2.76. The number of ether oxygens (including phenoxy) is 1. The minimum atomic E-state index is -0.473. The first kappa shape index (κ1) is 24.6. The number of hydrogen-bond acceptors (Lipinski definition) is 4. The quantitative estimate of drug-likeness (QED) is 0.349. The summed E-state index contributed by atoms with van der Waals surface area (Å²) >= 11 is 0. The molecule has 8 heteroatoms. The van der Waals surface area contributed by atoms with Crippen molar-refractivity contribution in [2.75, 3.05) is 19.6 Å². The number of nitrogens with zero attached hydrogens (tertiary/aromatic N) is 2. The summed E-state index contributed by atoms with van der Waals surface area (Å²) in [5, 5.41) is 6.90. The van der Waals surface area contributed by atoms with Crippen LogP contribution >= 0.6 is 24.0 Å². The van der Waals surface area contributed by atoms with Crippen molar-refractivity contribution in [2.45, 2.75) is 71.6 Å². The fourth-order valence-electron chi connectivity index (χ4n) is 2.76. The molecule has 1 aromatic heterocycles. The second-order valence-electron chi connectivity index (χ2n) is 8.07. The zero-order valence-corrected chi connectivity index (χ0v) is 20.0. The molecule has 0 aliphatic carbocycles. The van der Waals surface area contributed by atoms with E-state index in [-0.39, 0.29) is 36.1 Å². The normalized spacial score (nSPS) is 18.4. The SMILES string of the molecule is CCC(C)NC(=NCCc1ccco1)NC1CCN(C(=O)OC(C)(C)C)C1.I. The van der Waals surface area contributed by atoms with Crippen LogP contribution in [0.3, 0.4) is 0 Å². The van der Waals surface area contributed by atoms with E-state index in [1.165, 1.54) is 0 Å². The number of nitrogens with one attached hydrogen (secondary N) is 2. The molecule has 160 valence electrons. The van der Waals surface area contributed by atoms with Gasteiger partial charge >= 0.3 is 6.09 Å². The van der Waals surface area contributed by atoms with Gasteiger partial charge in [0, 0.05) is 38.1 Å². The third-order valence-electron chi connectivity index (χ3n) is 4.38. The van der Waals surface area contributed by atoms with Crippen molar-refractivity contribution in [1.82, 2.24) is 15.5 Å². The van der Waals surface area contributed by atoms with Crippen LogP contribution in [0.2, 0.25) is 0 Å². The van der Waals surface area contributed by atoms with E-state index in [1.54, 1.807) is 11.2 Å². The van der Waals surface area contributed by atoms with Crippen molar-refractivity contribution < 1.29 is 13.9 Å². The predicted octanol–water partition coefficient (Wildman–Crippen LogP) is 3.78. The lowest BCUT2D eigenvalue weighted by Gasteiger charge is -2.25. The molecular weight excluding hydrogens is 471 g/mol. The minimum Gasteiger partial charge on any atom is -0.469 e. The summed E-state index contributed by atoms with van der Waals surface area (Å²) in [7, 11) is 0. The molecule has 0 bridgehead atoms. The molecular formula is C20H35IN4O3. The van der Waals surface area contributed by atoms with Gasteiger partial charge in [0.25, 0.3) is 0 Å². The number of amides is 1. The zero-order valence-electron chi connectivity index (χ0n) is 17.7. The molecule has 2 N–H and O–H groups in total. The molecule has 2 rings (SSSR count). The van der Waals surface area contributed by atoms with Gasteiger partial charge in [0.05, 0.1) is 6.26 Å². The second-order valence-corrected chi connectivity index (χ2v) is 8.07. The highest BCUT2D eigenvalue weighted by atomic mass is 127. The van der Waals surface area contributed by atoms with Gasteiger partial charge in [-0.2, -0.15) is 0 Å². The van der Waals surface area contributed by atoms with Crippen molar-refractivity contribution >= 4 is 36.0 Å². The summed E-state index contributed by atoms with van der Waals surface area (Å²) in [6.07, 6.45) is 4.07. The van der Waals surface area contributed by atoms with Crippen LogP contribution in [0, 0.1) is 0 Å². The van der Waals surface area contributed by atoms with Crippen molar-refractivity contribution in [3.8, 4) is 0 Å². The van der Waals surface area contributed by atoms with Crippen LogP contribution in [0.25, 0.3) is 0 Å².